The van der Waals surface area contributed by atoms with E-state index in [0.29, 0.717) is 19.0 Å². The van der Waals surface area contributed by atoms with Crippen LogP contribution in [0, 0.1) is 17.5 Å². The maximum absolute atomic E-state index is 14.9. The van der Waals surface area contributed by atoms with Gasteiger partial charge >= 0.3 is 5.97 Å². The largest absolute Gasteiger partial charge is 0.477 e. The monoisotopic (exact) mass is 417 g/mol. The molecule has 0 aliphatic carbocycles. The van der Waals surface area contributed by atoms with Gasteiger partial charge in [-0.3, -0.25) is 4.79 Å². The number of benzene rings is 2. The normalized spacial score (nSPS) is 18.9. The highest BCUT2D eigenvalue weighted by Crippen LogP contribution is 2.32. The minimum Gasteiger partial charge on any atom is -0.477 e. The van der Waals surface area contributed by atoms with Gasteiger partial charge in [-0.2, -0.15) is 0 Å². The quantitative estimate of drug-likeness (QED) is 0.684. The first-order valence-corrected chi connectivity index (χ1v) is 9.27. The third kappa shape index (κ3) is 3.21. The predicted molar refractivity (Wildman–Crippen MR) is 106 cm³/mol. The third-order valence-corrected chi connectivity index (χ3v) is 5.39. The van der Waals surface area contributed by atoms with Crippen molar-refractivity contribution in [2.24, 2.45) is 5.73 Å². The standard InChI is InChI=1S/C21H18F3N3O3/c1-10-4-12(25)8-26(10)19-7-18-13(6-16(19)24)20(28)14(21(29)30)9-27(18)17-3-2-11(22)5-15(17)23/h2-3,5-7,9-10,12H,4,8,25H2,1H3,(H,29,30)/t10-,12+/m1/s1. The lowest BCUT2D eigenvalue weighted by atomic mass is 10.1. The van der Waals surface area contributed by atoms with Gasteiger partial charge in [0.15, 0.2) is 0 Å². The van der Waals surface area contributed by atoms with Gasteiger partial charge in [-0.15, -0.1) is 0 Å². The maximum Gasteiger partial charge on any atom is 0.341 e. The van der Waals surface area contributed by atoms with Crippen LogP contribution in [-0.4, -0.2) is 34.3 Å². The lowest BCUT2D eigenvalue weighted by Crippen LogP contribution is -2.30. The summed E-state index contributed by atoms with van der Waals surface area (Å²) in [5.74, 6) is -4.03. The molecule has 0 spiro atoms. The van der Waals surface area contributed by atoms with Crippen LogP contribution in [0.3, 0.4) is 0 Å². The molecule has 0 saturated carbocycles. The number of anilines is 1. The van der Waals surface area contributed by atoms with Crippen molar-refractivity contribution in [2.45, 2.75) is 25.4 Å². The van der Waals surface area contributed by atoms with E-state index in [1.165, 1.54) is 6.07 Å². The van der Waals surface area contributed by atoms with Gasteiger partial charge in [0.25, 0.3) is 0 Å². The van der Waals surface area contributed by atoms with Crippen LogP contribution >= 0.6 is 0 Å². The number of rotatable bonds is 3. The first-order valence-electron chi connectivity index (χ1n) is 9.27. The molecular formula is C21H18F3N3O3. The number of pyridine rings is 1. The van der Waals surface area contributed by atoms with Crippen molar-refractivity contribution < 1.29 is 23.1 Å². The maximum atomic E-state index is 14.9. The molecule has 2 heterocycles. The number of aromatic nitrogens is 1. The molecule has 1 fully saturated rings. The van der Waals surface area contributed by atoms with E-state index in [2.05, 4.69) is 0 Å². The summed E-state index contributed by atoms with van der Waals surface area (Å²) in [6, 6.07) is 4.88. The summed E-state index contributed by atoms with van der Waals surface area (Å²) < 4.78 is 44.0. The van der Waals surface area contributed by atoms with Crippen molar-refractivity contribution in [3.05, 3.63) is 69.8 Å². The highest BCUT2D eigenvalue weighted by molar-refractivity contribution is 5.94. The Balaban J connectivity index is 2.06. The highest BCUT2D eigenvalue weighted by atomic mass is 19.1. The summed E-state index contributed by atoms with van der Waals surface area (Å²) in [6.07, 6.45) is 1.61. The molecule has 0 radical (unpaired) electrons. The van der Waals surface area contributed by atoms with Crippen molar-refractivity contribution in [3.8, 4) is 5.69 Å². The van der Waals surface area contributed by atoms with E-state index in [0.717, 1.165) is 29.0 Å². The minimum atomic E-state index is -1.54. The Bertz CT molecular complexity index is 1240. The molecule has 0 unspecified atom stereocenters. The van der Waals surface area contributed by atoms with Crippen molar-refractivity contribution in [1.82, 2.24) is 4.57 Å². The van der Waals surface area contributed by atoms with Crippen LogP contribution < -0.4 is 16.1 Å². The fraction of sp³-hybridized carbons (Fsp3) is 0.238. The summed E-state index contributed by atoms with van der Waals surface area (Å²) in [4.78, 5) is 25.9. The Morgan fingerprint density at radius 2 is 1.83 bits per heavy atom. The molecule has 3 aromatic rings. The van der Waals surface area contributed by atoms with Crippen molar-refractivity contribution in [2.75, 3.05) is 11.4 Å². The van der Waals surface area contributed by atoms with E-state index >= 15 is 0 Å². The first-order chi connectivity index (χ1) is 14.2. The fourth-order valence-corrected chi connectivity index (χ4v) is 3.99. The summed E-state index contributed by atoms with van der Waals surface area (Å²) >= 11 is 0. The van der Waals surface area contributed by atoms with E-state index in [1.807, 2.05) is 6.92 Å². The van der Waals surface area contributed by atoms with Gasteiger partial charge in [-0.05, 0) is 37.6 Å². The SMILES string of the molecule is C[C@@H]1C[C@H](N)CN1c1cc2c(cc1F)c(=O)c(C(=O)O)cn2-c1ccc(F)cc1F. The first kappa shape index (κ1) is 20.0. The van der Waals surface area contributed by atoms with E-state index in [1.54, 1.807) is 4.90 Å². The molecule has 156 valence electrons. The van der Waals surface area contributed by atoms with E-state index < -0.39 is 34.4 Å². The van der Waals surface area contributed by atoms with Gasteiger partial charge in [0.05, 0.1) is 16.9 Å². The van der Waals surface area contributed by atoms with Gasteiger partial charge in [-0.25, -0.2) is 18.0 Å². The Morgan fingerprint density at radius 3 is 2.43 bits per heavy atom. The molecule has 30 heavy (non-hydrogen) atoms. The zero-order chi connectivity index (χ0) is 21.7. The van der Waals surface area contributed by atoms with Gasteiger partial charge in [0, 0.05) is 36.3 Å². The second-order valence-electron chi connectivity index (χ2n) is 7.46. The summed E-state index contributed by atoms with van der Waals surface area (Å²) in [5.41, 5.74) is 4.52. The number of aromatic carboxylic acids is 1. The Labute approximate surface area is 168 Å². The molecule has 0 bridgehead atoms. The Hall–Kier alpha value is -3.33. The number of fused-ring (bicyclic) bond motifs is 1. The minimum absolute atomic E-state index is 0.0621. The van der Waals surface area contributed by atoms with Gasteiger partial charge in [-0.1, -0.05) is 0 Å². The van der Waals surface area contributed by atoms with Crippen molar-refractivity contribution in [1.29, 1.82) is 0 Å². The number of halogens is 3. The Kier molecular flexibility index (Phi) is 4.77. The number of hydrogen-bond acceptors (Lipinski definition) is 4. The van der Waals surface area contributed by atoms with Gasteiger partial charge < -0.3 is 20.3 Å². The molecule has 0 amide bonds. The van der Waals surface area contributed by atoms with Crippen LogP contribution in [0.1, 0.15) is 23.7 Å². The fourth-order valence-electron chi connectivity index (χ4n) is 3.99. The number of carboxylic acid groups (broad SMARTS) is 1. The van der Waals surface area contributed by atoms with E-state index in [-0.39, 0.29) is 34.4 Å². The second-order valence-corrected chi connectivity index (χ2v) is 7.46. The topological polar surface area (TPSA) is 88.6 Å². The average Bonchev–Trinajstić information content (AvgIpc) is 3.00. The van der Waals surface area contributed by atoms with Crippen LogP contribution in [0.4, 0.5) is 18.9 Å². The van der Waals surface area contributed by atoms with Crippen LogP contribution in [0.25, 0.3) is 16.6 Å². The number of nitrogens with two attached hydrogens (primary N) is 1. The summed E-state index contributed by atoms with van der Waals surface area (Å²) in [6.45, 7) is 2.28. The van der Waals surface area contributed by atoms with Crippen molar-refractivity contribution >= 4 is 22.6 Å². The molecule has 1 aliphatic heterocycles. The van der Waals surface area contributed by atoms with Crippen LogP contribution in [0.15, 0.2) is 41.3 Å². The third-order valence-electron chi connectivity index (χ3n) is 5.39. The second kappa shape index (κ2) is 7.17. The van der Waals surface area contributed by atoms with Crippen LogP contribution in [0.2, 0.25) is 0 Å². The smallest absolute Gasteiger partial charge is 0.341 e. The lowest BCUT2D eigenvalue weighted by molar-refractivity contribution is 0.0695. The molecule has 2 aromatic carbocycles. The lowest BCUT2D eigenvalue weighted by Gasteiger charge is -2.25. The number of carboxylic acids is 1. The zero-order valence-corrected chi connectivity index (χ0v) is 15.9. The molecule has 1 aromatic heterocycles. The highest BCUT2D eigenvalue weighted by Gasteiger charge is 2.29. The predicted octanol–water partition coefficient (Wildman–Crippen LogP) is 3.03. The molecule has 6 nitrogen and oxygen atoms in total. The molecular weight excluding hydrogens is 399 g/mol. The molecule has 1 saturated heterocycles. The van der Waals surface area contributed by atoms with E-state index in [4.69, 9.17) is 5.73 Å². The molecule has 4 rings (SSSR count). The summed E-state index contributed by atoms with van der Waals surface area (Å²) in [7, 11) is 0. The Morgan fingerprint density at radius 1 is 1.13 bits per heavy atom. The zero-order valence-electron chi connectivity index (χ0n) is 15.9. The van der Waals surface area contributed by atoms with Crippen LogP contribution in [0.5, 0.6) is 0 Å². The van der Waals surface area contributed by atoms with Crippen molar-refractivity contribution in [3.63, 3.8) is 0 Å². The summed E-state index contributed by atoms with van der Waals surface area (Å²) in [5, 5.41) is 9.16. The molecule has 9 heteroatoms. The molecule has 2 atom stereocenters. The average molecular weight is 417 g/mol. The van der Waals surface area contributed by atoms with Gasteiger partial charge in [0.2, 0.25) is 5.43 Å². The number of hydrogen-bond donors (Lipinski definition) is 2. The molecule has 1 aliphatic rings. The molecule has 3 N–H and O–H groups in total. The number of carbonyl (C=O) groups is 1. The van der Waals surface area contributed by atoms with Gasteiger partial charge in [0.1, 0.15) is 23.0 Å². The van der Waals surface area contributed by atoms with Crippen LogP contribution in [-0.2, 0) is 0 Å². The van der Waals surface area contributed by atoms with E-state index in [9.17, 15) is 27.9 Å². The number of nitrogens with zero attached hydrogens (tertiary/aromatic N) is 2.